The van der Waals surface area contributed by atoms with Crippen molar-refractivity contribution < 1.29 is 9.59 Å². The first kappa shape index (κ1) is 18.7. The second-order valence-corrected chi connectivity index (χ2v) is 7.26. The maximum atomic E-state index is 12.7. The molecule has 146 valence electrons. The molecule has 0 radical (unpaired) electrons. The van der Waals surface area contributed by atoms with Crippen molar-refractivity contribution in [3.05, 3.63) is 76.9 Å². The van der Waals surface area contributed by atoms with E-state index in [0.717, 1.165) is 22.5 Å². The van der Waals surface area contributed by atoms with Gasteiger partial charge >= 0.3 is 0 Å². The number of amides is 1. The minimum atomic E-state index is -0.269. The van der Waals surface area contributed by atoms with Crippen LogP contribution in [0.25, 0.3) is 16.9 Å². The molecule has 0 fully saturated rings. The fourth-order valence-corrected chi connectivity index (χ4v) is 3.72. The van der Waals surface area contributed by atoms with Crippen LogP contribution in [-0.2, 0) is 0 Å². The van der Waals surface area contributed by atoms with Crippen molar-refractivity contribution >= 4 is 23.0 Å². The van der Waals surface area contributed by atoms with E-state index < -0.39 is 0 Å². The number of ketones is 1. The number of pyridine rings is 1. The van der Waals surface area contributed by atoms with E-state index in [1.807, 2.05) is 60.1 Å². The number of nitrogens with one attached hydrogen (secondary N) is 2. The molecular weight excluding hydrogens is 364 g/mol. The van der Waals surface area contributed by atoms with Crippen LogP contribution in [0.4, 0.5) is 5.69 Å². The van der Waals surface area contributed by atoms with Gasteiger partial charge in [0.15, 0.2) is 5.78 Å². The van der Waals surface area contributed by atoms with Crippen LogP contribution in [-0.4, -0.2) is 26.1 Å². The molecule has 0 spiro atoms. The van der Waals surface area contributed by atoms with Crippen LogP contribution < -0.4 is 5.32 Å². The molecule has 0 saturated heterocycles. The molecule has 0 unspecified atom stereocenters. The summed E-state index contributed by atoms with van der Waals surface area (Å²) < 4.78 is 2.00. The number of carbonyl (C=O) groups is 2. The topological polar surface area (TPSA) is 79.3 Å². The number of benzene rings is 1. The Morgan fingerprint density at radius 1 is 1.07 bits per heavy atom. The zero-order chi connectivity index (χ0) is 20.7. The first-order valence-electron chi connectivity index (χ1n) is 9.41. The normalized spacial score (nSPS) is 11.0. The van der Waals surface area contributed by atoms with Gasteiger partial charge in [0.25, 0.3) is 5.91 Å². The molecule has 1 amide bonds. The van der Waals surface area contributed by atoms with Gasteiger partial charge in [0.1, 0.15) is 11.3 Å². The first-order valence-corrected chi connectivity index (χ1v) is 9.41. The van der Waals surface area contributed by atoms with Gasteiger partial charge in [-0.2, -0.15) is 0 Å². The van der Waals surface area contributed by atoms with Crippen molar-refractivity contribution in [1.82, 2.24) is 14.4 Å². The zero-order valence-corrected chi connectivity index (χ0v) is 16.8. The Morgan fingerprint density at radius 2 is 1.79 bits per heavy atom. The number of carbonyl (C=O) groups excluding carboxylic acids is 2. The number of hydrogen-bond donors (Lipinski definition) is 2. The summed E-state index contributed by atoms with van der Waals surface area (Å²) in [5.74, 6) is -0.323. The van der Waals surface area contributed by atoms with E-state index >= 15 is 0 Å². The number of fused-ring (bicyclic) bond motifs is 1. The van der Waals surface area contributed by atoms with E-state index in [4.69, 9.17) is 4.98 Å². The summed E-state index contributed by atoms with van der Waals surface area (Å²) in [6.07, 6.45) is 3.97. The van der Waals surface area contributed by atoms with Crippen LogP contribution in [0, 0.1) is 20.8 Å². The number of aryl methyl sites for hydroxylation is 2. The lowest BCUT2D eigenvalue weighted by Gasteiger charge is -2.06. The fourth-order valence-electron chi connectivity index (χ4n) is 3.72. The van der Waals surface area contributed by atoms with E-state index in [-0.39, 0.29) is 11.7 Å². The highest BCUT2D eigenvalue weighted by Gasteiger charge is 2.19. The quantitative estimate of drug-likeness (QED) is 0.499. The van der Waals surface area contributed by atoms with Gasteiger partial charge in [0, 0.05) is 34.9 Å². The monoisotopic (exact) mass is 386 g/mol. The van der Waals surface area contributed by atoms with Crippen molar-refractivity contribution in [1.29, 1.82) is 0 Å². The van der Waals surface area contributed by atoms with Gasteiger partial charge < -0.3 is 14.7 Å². The number of rotatable bonds is 4. The number of aromatic amines is 1. The molecule has 0 bridgehead atoms. The number of H-pyrrole nitrogens is 1. The molecule has 0 saturated carbocycles. The van der Waals surface area contributed by atoms with Crippen molar-refractivity contribution in [2.75, 3.05) is 5.32 Å². The van der Waals surface area contributed by atoms with Gasteiger partial charge in [-0.15, -0.1) is 0 Å². The van der Waals surface area contributed by atoms with Crippen LogP contribution >= 0.6 is 0 Å². The third-order valence-electron chi connectivity index (χ3n) is 5.13. The van der Waals surface area contributed by atoms with Crippen LogP contribution in [0.5, 0.6) is 0 Å². The summed E-state index contributed by atoms with van der Waals surface area (Å²) in [6, 6.07) is 11.6. The number of anilines is 1. The van der Waals surface area contributed by atoms with E-state index in [0.29, 0.717) is 28.2 Å². The zero-order valence-electron chi connectivity index (χ0n) is 16.8. The van der Waals surface area contributed by atoms with Crippen LogP contribution in [0.2, 0.25) is 0 Å². The second kappa shape index (κ2) is 7.05. The molecule has 2 N–H and O–H groups in total. The van der Waals surface area contributed by atoms with Crippen LogP contribution in [0.3, 0.4) is 0 Å². The summed E-state index contributed by atoms with van der Waals surface area (Å²) >= 11 is 0. The minimum absolute atomic E-state index is 0.0534. The third-order valence-corrected chi connectivity index (χ3v) is 5.13. The maximum absolute atomic E-state index is 12.7. The van der Waals surface area contributed by atoms with E-state index in [1.54, 1.807) is 13.8 Å². The van der Waals surface area contributed by atoms with Gasteiger partial charge in [-0.3, -0.25) is 9.59 Å². The van der Waals surface area contributed by atoms with Gasteiger partial charge in [-0.05, 0) is 57.0 Å². The SMILES string of the molecule is CC(=O)c1c(C)[nH]c(C(=O)Nc2ccc(-c3cn4cccc(C)c4n3)cc2)c1C. The smallest absolute Gasteiger partial charge is 0.272 e. The van der Waals surface area contributed by atoms with Gasteiger partial charge in [0.2, 0.25) is 0 Å². The number of hydrogen-bond acceptors (Lipinski definition) is 3. The maximum Gasteiger partial charge on any atom is 0.272 e. The lowest BCUT2D eigenvalue weighted by molar-refractivity contribution is 0.101. The average molecular weight is 386 g/mol. The Balaban J connectivity index is 1.57. The Labute approximate surface area is 168 Å². The largest absolute Gasteiger partial charge is 0.354 e. The average Bonchev–Trinajstić information content (AvgIpc) is 3.24. The van der Waals surface area contributed by atoms with Gasteiger partial charge in [-0.25, -0.2) is 4.98 Å². The Hall–Kier alpha value is -3.67. The summed E-state index contributed by atoms with van der Waals surface area (Å²) in [5.41, 5.74) is 6.93. The minimum Gasteiger partial charge on any atom is -0.354 e. The highest BCUT2D eigenvalue weighted by molar-refractivity contribution is 6.07. The predicted octanol–water partition coefficient (Wildman–Crippen LogP) is 4.71. The molecule has 1 aromatic carbocycles. The first-order chi connectivity index (χ1) is 13.8. The van der Waals surface area contributed by atoms with Gasteiger partial charge in [-0.1, -0.05) is 18.2 Å². The molecule has 4 aromatic rings. The van der Waals surface area contributed by atoms with E-state index in [9.17, 15) is 9.59 Å². The van der Waals surface area contributed by atoms with E-state index in [1.165, 1.54) is 6.92 Å². The second-order valence-electron chi connectivity index (χ2n) is 7.26. The summed E-state index contributed by atoms with van der Waals surface area (Å²) in [6.45, 7) is 7.12. The van der Waals surface area contributed by atoms with Crippen LogP contribution in [0.1, 0.15) is 44.6 Å². The molecule has 29 heavy (non-hydrogen) atoms. The predicted molar refractivity (Wildman–Crippen MR) is 114 cm³/mol. The van der Waals surface area contributed by atoms with Gasteiger partial charge in [0.05, 0.1) is 5.69 Å². The molecule has 0 aliphatic rings. The molecule has 0 aliphatic heterocycles. The molecule has 0 aliphatic carbocycles. The number of nitrogens with zero attached hydrogens (tertiary/aromatic N) is 2. The highest BCUT2D eigenvalue weighted by Crippen LogP contribution is 2.24. The summed E-state index contributed by atoms with van der Waals surface area (Å²) in [4.78, 5) is 32.2. The molecule has 3 aromatic heterocycles. The molecular formula is C23H22N4O2. The fraction of sp³-hybridized carbons (Fsp3) is 0.174. The molecule has 6 heteroatoms. The van der Waals surface area contributed by atoms with Crippen LogP contribution in [0.15, 0.2) is 48.8 Å². The Bertz CT molecular complexity index is 1250. The lowest BCUT2D eigenvalue weighted by atomic mass is 10.1. The Morgan fingerprint density at radius 3 is 2.41 bits per heavy atom. The Kier molecular flexibility index (Phi) is 4.54. The van der Waals surface area contributed by atoms with Crippen molar-refractivity contribution in [3.8, 4) is 11.3 Å². The highest BCUT2D eigenvalue weighted by atomic mass is 16.2. The summed E-state index contributed by atoms with van der Waals surface area (Å²) in [7, 11) is 0. The molecule has 6 nitrogen and oxygen atoms in total. The number of imidazole rings is 1. The standard InChI is InChI=1S/C23H22N4O2/c1-13-6-5-11-27-12-19(26-22(13)27)17-7-9-18(10-8-17)25-23(29)21-14(2)20(16(4)28)15(3)24-21/h5-12,24H,1-4H3,(H,25,29). The van der Waals surface area contributed by atoms with Crippen molar-refractivity contribution in [2.24, 2.45) is 0 Å². The third kappa shape index (κ3) is 3.33. The molecule has 4 rings (SSSR count). The number of aromatic nitrogens is 3. The van der Waals surface area contributed by atoms with Crippen molar-refractivity contribution in [2.45, 2.75) is 27.7 Å². The van der Waals surface area contributed by atoms with E-state index in [2.05, 4.69) is 10.3 Å². The van der Waals surface area contributed by atoms with Crippen molar-refractivity contribution in [3.63, 3.8) is 0 Å². The summed E-state index contributed by atoms with van der Waals surface area (Å²) in [5, 5.41) is 2.89. The molecule has 3 heterocycles. The number of Topliss-reactive ketones (excluding diaryl/α,β-unsaturated/α-hetero) is 1. The molecule has 0 atom stereocenters. The lowest BCUT2D eigenvalue weighted by Crippen LogP contribution is -2.13.